The highest BCUT2D eigenvalue weighted by molar-refractivity contribution is 7.89. The Balaban J connectivity index is 3.27. The molecule has 1 rings (SSSR count). The Morgan fingerprint density at radius 1 is 1.47 bits per heavy atom. The van der Waals surface area contributed by atoms with Crippen LogP contribution in [-0.2, 0) is 21.8 Å². The molecule has 6 nitrogen and oxygen atoms in total. The van der Waals surface area contributed by atoms with E-state index in [1.165, 1.54) is 0 Å². The summed E-state index contributed by atoms with van der Waals surface area (Å²) in [6.07, 6.45) is -4.27. The standard InChI is InChI=1S/C7H6F3NO5S/c1-17(14,15)2-3-11-5(7(8,9)10)4(16-3)6(12)13/h2H2,1H3,(H,12,13). The lowest BCUT2D eigenvalue weighted by molar-refractivity contribution is -0.141. The molecular formula is C7H6F3NO5S. The third-order valence-corrected chi connectivity index (χ3v) is 2.29. The van der Waals surface area contributed by atoms with Crippen molar-refractivity contribution in [1.29, 1.82) is 0 Å². The summed E-state index contributed by atoms with van der Waals surface area (Å²) in [5.74, 6) is -5.10. The second-order valence-electron chi connectivity index (χ2n) is 3.16. The molecule has 17 heavy (non-hydrogen) atoms. The predicted octanol–water partition coefficient (Wildman–Crippen LogP) is 0.936. The first-order chi connectivity index (χ1) is 7.50. The average Bonchev–Trinajstić information content (AvgIpc) is 2.43. The van der Waals surface area contributed by atoms with E-state index < -0.39 is 45.1 Å². The maximum Gasteiger partial charge on any atom is 0.437 e. The molecule has 0 aliphatic carbocycles. The van der Waals surface area contributed by atoms with Gasteiger partial charge in [-0.15, -0.1) is 0 Å². The van der Waals surface area contributed by atoms with E-state index in [9.17, 15) is 26.4 Å². The second kappa shape index (κ2) is 4.02. The topological polar surface area (TPSA) is 97.5 Å². The average molecular weight is 273 g/mol. The highest BCUT2D eigenvalue weighted by Crippen LogP contribution is 2.32. The highest BCUT2D eigenvalue weighted by Gasteiger charge is 2.41. The predicted molar refractivity (Wildman–Crippen MR) is 47.0 cm³/mol. The van der Waals surface area contributed by atoms with Crippen LogP contribution >= 0.6 is 0 Å². The number of carboxylic acid groups (broad SMARTS) is 1. The lowest BCUT2D eigenvalue weighted by atomic mass is 10.3. The Bertz CT molecular complexity index is 544. The first-order valence-electron chi connectivity index (χ1n) is 3.98. The van der Waals surface area contributed by atoms with Crippen LogP contribution in [0.25, 0.3) is 0 Å². The SMILES string of the molecule is CS(=O)(=O)Cc1nc(C(F)(F)F)c(C(=O)O)o1. The molecule has 96 valence electrons. The van der Waals surface area contributed by atoms with Crippen molar-refractivity contribution in [3.63, 3.8) is 0 Å². The summed E-state index contributed by atoms with van der Waals surface area (Å²) < 4.78 is 62.9. The van der Waals surface area contributed by atoms with Crippen LogP contribution in [0.15, 0.2) is 4.42 Å². The van der Waals surface area contributed by atoms with Crippen molar-refractivity contribution >= 4 is 15.8 Å². The number of halogens is 3. The number of carbonyl (C=O) groups is 1. The quantitative estimate of drug-likeness (QED) is 0.880. The molecule has 0 aromatic carbocycles. The smallest absolute Gasteiger partial charge is 0.437 e. The van der Waals surface area contributed by atoms with E-state index >= 15 is 0 Å². The molecule has 10 heteroatoms. The van der Waals surface area contributed by atoms with Gasteiger partial charge in [-0.2, -0.15) is 13.2 Å². The molecule has 1 N–H and O–H groups in total. The van der Waals surface area contributed by atoms with Crippen LogP contribution < -0.4 is 0 Å². The van der Waals surface area contributed by atoms with Crippen LogP contribution in [0.2, 0.25) is 0 Å². The van der Waals surface area contributed by atoms with E-state index in [0.717, 1.165) is 6.26 Å². The van der Waals surface area contributed by atoms with E-state index in [4.69, 9.17) is 5.11 Å². The van der Waals surface area contributed by atoms with E-state index in [-0.39, 0.29) is 0 Å². The van der Waals surface area contributed by atoms with Gasteiger partial charge < -0.3 is 9.52 Å². The van der Waals surface area contributed by atoms with Gasteiger partial charge in [0.25, 0.3) is 0 Å². The van der Waals surface area contributed by atoms with Gasteiger partial charge in [0.1, 0.15) is 5.75 Å². The Morgan fingerprint density at radius 2 is 2.00 bits per heavy atom. The van der Waals surface area contributed by atoms with Gasteiger partial charge in [-0.25, -0.2) is 18.2 Å². The third kappa shape index (κ3) is 3.44. The summed E-state index contributed by atoms with van der Waals surface area (Å²) in [6, 6.07) is 0. The van der Waals surface area contributed by atoms with Crippen molar-refractivity contribution in [2.24, 2.45) is 0 Å². The van der Waals surface area contributed by atoms with Crippen LogP contribution in [0.1, 0.15) is 22.1 Å². The van der Waals surface area contributed by atoms with Crippen molar-refractivity contribution in [3.8, 4) is 0 Å². The fourth-order valence-electron chi connectivity index (χ4n) is 0.988. The van der Waals surface area contributed by atoms with Gasteiger partial charge in [0, 0.05) is 6.26 Å². The van der Waals surface area contributed by atoms with Crippen LogP contribution in [0.5, 0.6) is 0 Å². The summed E-state index contributed by atoms with van der Waals surface area (Å²) in [5.41, 5.74) is -1.75. The number of alkyl halides is 3. The molecule has 0 saturated carbocycles. The number of hydrogen-bond donors (Lipinski definition) is 1. The molecule has 0 aliphatic heterocycles. The van der Waals surface area contributed by atoms with Gasteiger partial charge in [0.2, 0.25) is 11.7 Å². The molecule has 0 unspecified atom stereocenters. The number of nitrogens with zero attached hydrogens (tertiary/aromatic N) is 1. The molecule has 0 radical (unpaired) electrons. The molecule has 0 saturated heterocycles. The van der Waals surface area contributed by atoms with E-state index in [1.807, 2.05) is 0 Å². The molecule has 0 atom stereocenters. The van der Waals surface area contributed by atoms with E-state index in [0.29, 0.717) is 0 Å². The number of carboxylic acids is 1. The van der Waals surface area contributed by atoms with Crippen molar-refractivity contribution in [1.82, 2.24) is 4.98 Å². The fourth-order valence-corrected chi connectivity index (χ4v) is 1.56. The molecule has 1 heterocycles. The molecular weight excluding hydrogens is 267 g/mol. The van der Waals surface area contributed by atoms with Crippen LogP contribution in [0.4, 0.5) is 13.2 Å². The van der Waals surface area contributed by atoms with Gasteiger partial charge in [0.05, 0.1) is 0 Å². The number of hydrogen-bond acceptors (Lipinski definition) is 5. The number of oxazole rings is 1. The zero-order valence-corrected chi connectivity index (χ0v) is 9.09. The van der Waals surface area contributed by atoms with Crippen molar-refractivity contribution in [3.05, 3.63) is 17.3 Å². The Morgan fingerprint density at radius 3 is 2.29 bits per heavy atom. The maximum atomic E-state index is 12.3. The van der Waals surface area contributed by atoms with E-state index in [2.05, 4.69) is 9.40 Å². The lowest BCUT2D eigenvalue weighted by Crippen LogP contribution is -2.11. The largest absolute Gasteiger partial charge is 0.475 e. The zero-order chi connectivity index (χ0) is 13.4. The van der Waals surface area contributed by atoms with Crippen LogP contribution in [0.3, 0.4) is 0 Å². The Labute approximate surface area is 93.0 Å². The Hall–Kier alpha value is -1.58. The summed E-state index contributed by atoms with van der Waals surface area (Å²) in [7, 11) is -3.67. The van der Waals surface area contributed by atoms with Crippen molar-refractivity contribution < 1.29 is 35.9 Å². The van der Waals surface area contributed by atoms with Crippen molar-refractivity contribution in [2.45, 2.75) is 11.9 Å². The van der Waals surface area contributed by atoms with Crippen LogP contribution in [-0.4, -0.2) is 30.7 Å². The minimum absolute atomic E-state index is 0.755. The summed E-state index contributed by atoms with van der Waals surface area (Å²) in [5, 5.41) is 8.46. The van der Waals surface area contributed by atoms with Gasteiger partial charge in [-0.05, 0) is 0 Å². The maximum absolute atomic E-state index is 12.3. The summed E-state index contributed by atoms with van der Waals surface area (Å²) in [6.45, 7) is 0. The third-order valence-electron chi connectivity index (χ3n) is 1.52. The molecule has 1 aromatic heterocycles. The number of aromatic carboxylic acids is 1. The first kappa shape index (κ1) is 13.5. The zero-order valence-electron chi connectivity index (χ0n) is 8.28. The normalized spacial score (nSPS) is 12.7. The van der Waals surface area contributed by atoms with E-state index in [1.54, 1.807) is 0 Å². The van der Waals surface area contributed by atoms with Gasteiger partial charge >= 0.3 is 12.1 Å². The second-order valence-corrected chi connectivity index (χ2v) is 5.30. The summed E-state index contributed by atoms with van der Waals surface area (Å²) in [4.78, 5) is 13.3. The monoisotopic (exact) mass is 273 g/mol. The molecule has 0 bridgehead atoms. The van der Waals surface area contributed by atoms with Gasteiger partial charge in [0.15, 0.2) is 15.5 Å². The fraction of sp³-hybridized carbons (Fsp3) is 0.429. The van der Waals surface area contributed by atoms with Crippen LogP contribution in [0, 0.1) is 0 Å². The molecule has 0 spiro atoms. The number of aromatic nitrogens is 1. The van der Waals surface area contributed by atoms with Gasteiger partial charge in [-0.3, -0.25) is 0 Å². The minimum atomic E-state index is -5.02. The molecule has 1 aromatic rings. The van der Waals surface area contributed by atoms with Gasteiger partial charge in [-0.1, -0.05) is 0 Å². The summed E-state index contributed by atoms with van der Waals surface area (Å²) >= 11 is 0. The molecule has 0 fully saturated rings. The molecule has 0 amide bonds. The molecule has 0 aliphatic rings. The lowest BCUT2D eigenvalue weighted by Gasteiger charge is -2.00. The Kier molecular flexibility index (Phi) is 3.19. The minimum Gasteiger partial charge on any atom is -0.475 e. The highest BCUT2D eigenvalue weighted by atomic mass is 32.2. The first-order valence-corrected chi connectivity index (χ1v) is 6.04. The number of rotatable bonds is 3. The number of sulfone groups is 1. The van der Waals surface area contributed by atoms with Crippen molar-refractivity contribution in [2.75, 3.05) is 6.26 Å².